The summed E-state index contributed by atoms with van der Waals surface area (Å²) in [7, 11) is 3.33. The molecule has 0 fully saturated rings. The number of amides is 4. The lowest BCUT2D eigenvalue weighted by Gasteiger charge is -2.19. The van der Waals surface area contributed by atoms with Crippen molar-refractivity contribution in [1.82, 2.24) is 20.4 Å². The Morgan fingerprint density at radius 2 is 1.13 bits per heavy atom. The number of rotatable bonds is 16. The van der Waals surface area contributed by atoms with Crippen LogP contribution in [0.5, 0.6) is 0 Å². The molecule has 2 N–H and O–H groups in total. The van der Waals surface area contributed by atoms with Crippen molar-refractivity contribution in [3.8, 4) is 0 Å². The van der Waals surface area contributed by atoms with Gasteiger partial charge in [0.25, 0.3) is 0 Å². The second-order valence-corrected chi connectivity index (χ2v) is 6.37. The SMILES string of the molecule is C=CC(=O)OCCNC(=O)N(C)CCCOCCCN(C)C(=O)NCCOC(=O)C=C. The molecule has 0 aliphatic rings. The van der Waals surface area contributed by atoms with E-state index in [1.807, 2.05) is 0 Å². The summed E-state index contributed by atoms with van der Waals surface area (Å²) >= 11 is 0. The zero-order chi connectivity index (χ0) is 23.5. The first-order valence-corrected chi connectivity index (χ1v) is 9.95. The molecule has 0 radical (unpaired) electrons. The topological polar surface area (TPSA) is 127 Å². The Morgan fingerprint density at radius 1 is 0.742 bits per heavy atom. The maximum Gasteiger partial charge on any atom is 0.330 e. The van der Waals surface area contributed by atoms with Crippen LogP contribution < -0.4 is 10.6 Å². The summed E-state index contributed by atoms with van der Waals surface area (Å²) in [6, 6.07) is -0.525. The zero-order valence-electron chi connectivity index (χ0n) is 18.4. The third-order valence-corrected chi connectivity index (χ3v) is 3.84. The van der Waals surface area contributed by atoms with Crippen molar-refractivity contribution in [2.45, 2.75) is 12.8 Å². The largest absolute Gasteiger partial charge is 0.461 e. The molecule has 0 aromatic carbocycles. The first-order valence-electron chi connectivity index (χ1n) is 9.95. The fourth-order valence-corrected chi connectivity index (χ4v) is 2.12. The number of nitrogens with zero attached hydrogens (tertiary/aromatic N) is 2. The van der Waals surface area contributed by atoms with Crippen molar-refractivity contribution in [2.24, 2.45) is 0 Å². The highest BCUT2D eigenvalue weighted by Crippen LogP contribution is 1.94. The normalized spacial score (nSPS) is 9.87. The van der Waals surface area contributed by atoms with E-state index in [0.717, 1.165) is 12.2 Å². The first-order chi connectivity index (χ1) is 14.8. The van der Waals surface area contributed by atoms with Gasteiger partial charge in [-0.15, -0.1) is 0 Å². The number of esters is 2. The molecule has 176 valence electrons. The van der Waals surface area contributed by atoms with E-state index < -0.39 is 11.9 Å². The van der Waals surface area contributed by atoms with Gasteiger partial charge in [-0.3, -0.25) is 0 Å². The van der Waals surface area contributed by atoms with Crippen molar-refractivity contribution in [3.05, 3.63) is 25.3 Å². The molecule has 0 aromatic rings. The minimum Gasteiger partial charge on any atom is -0.461 e. The fourth-order valence-electron chi connectivity index (χ4n) is 2.12. The molecular weight excluding hydrogens is 408 g/mol. The van der Waals surface area contributed by atoms with E-state index in [4.69, 9.17) is 14.2 Å². The van der Waals surface area contributed by atoms with Gasteiger partial charge in [-0.25, -0.2) is 19.2 Å². The maximum atomic E-state index is 11.8. The van der Waals surface area contributed by atoms with Gasteiger partial charge in [-0.05, 0) is 12.8 Å². The summed E-state index contributed by atoms with van der Waals surface area (Å²) in [6.07, 6.45) is 3.45. The van der Waals surface area contributed by atoms with Crippen molar-refractivity contribution in [1.29, 1.82) is 0 Å². The third kappa shape index (κ3) is 15.4. The number of carbonyl (C=O) groups excluding carboxylic acids is 4. The van der Waals surface area contributed by atoms with Crippen LogP contribution in [0.25, 0.3) is 0 Å². The van der Waals surface area contributed by atoms with Crippen LogP contribution >= 0.6 is 0 Å². The van der Waals surface area contributed by atoms with Crippen molar-refractivity contribution < 1.29 is 33.4 Å². The summed E-state index contributed by atoms with van der Waals surface area (Å²) < 4.78 is 15.1. The predicted molar refractivity (Wildman–Crippen MR) is 114 cm³/mol. The van der Waals surface area contributed by atoms with E-state index >= 15 is 0 Å². The number of carbonyl (C=O) groups is 4. The van der Waals surface area contributed by atoms with E-state index in [9.17, 15) is 19.2 Å². The Labute approximate surface area is 183 Å². The highest BCUT2D eigenvalue weighted by molar-refractivity contribution is 5.81. The second-order valence-electron chi connectivity index (χ2n) is 6.37. The molecule has 0 atom stereocenters. The first kappa shape index (κ1) is 27.9. The van der Waals surface area contributed by atoms with E-state index in [-0.39, 0.29) is 38.4 Å². The minimum atomic E-state index is -0.530. The van der Waals surface area contributed by atoms with Gasteiger partial charge in [-0.2, -0.15) is 0 Å². The van der Waals surface area contributed by atoms with E-state index in [1.54, 1.807) is 14.1 Å². The molecule has 0 bridgehead atoms. The summed E-state index contributed by atoms with van der Waals surface area (Å²) in [5.41, 5.74) is 0. The number of ether oxygens (including phenoxy) is 3. The molecule has 11 heteroatoms. The van der Waals surface area contributed by atoms with Crippen LogP contribution in [0, 0.1) is 0 Å². The van der Waals surface area contributed by atoms with Gasteiger partial charge in [0.05, 0.1) is 13.1 Å². The van der Waals surface area contributed by atoms with Crippen LogP contribution in [0.2, 0.25) is 0 Å². The average Bonchev–Trinajstić information content (AvgIpc) is 2.77. The molecule has 0 spiro atoms. The van der Waals surface area contributed by atoms with Crippen LogP contribution in [-0.2, 0) is 23.8 Å². The van der Waals surface area contributed by atoms with Gasteiger partial charge >= 0.3 is 24.0 Å². The standard InChI is InChI=1S/C20H34N4O7/c1-5-17(25)30-15-9-21-19(27)23(3)11-7-13-29-14-8-12-24(4)20(28)22-10-16-31-18(26)6-2/h5-6H,1-2,7-16H2,3-4H3,(H,21,27)(H,22,28). The molecule has 0 heterocycles. The summed E-state index contributed by atoms with van der Waals surface area (Å²) in [5, 5.41) is 5.27. The lowest BCUT2D eigenvalue weighted by molar-refractivity contribution is -0.138. The molecule has 0 unspecified atom stereocenters. The van der Waals surface area contributed by atoms with Crippen LogP contribution in [0.3, 0.4) is 0 Å². The molecular formula is C20H34N4O7. The molecule has 0 saturated carbocycles. The predicted octanol–water partition coefficient (Wildman–Crippen LogP) is 0.524. The molecule has 11 nitrogen and oxygen atoms in total. The Balaban J connectivity index is 3.65. The zero-order valence-corrected chi connectivity index (χ0v) is 18.4. The number of urea groups is 2. The molecule has 0 aromatic heterocycles. The van der Waals surface area contributed by atoms with Crippen molar-refractivity contribution >= 4 is 24.0 Å². The second kappa shape index (κ2) is 17.8. The number of hydrogen-bond acceptors (Lipinski definition) is 7. The highest BCUT2D eigenvalue weighted by Gasteiger charge is 2.09. The Bertz CT molecular complexity index is 548. The smallest absolute Gasteiger partial charge is 0.330 e. The minimum absolute atomic E-state index is 0.0861. The van der Waals surface area contributed by atoms with Crippen molar-refractivity contribution in [3.63, 3.8) is 0 Å². The quantitative estimate of drug-likeness (QED) is 0.203. The molecule has 31 heavy (non-hydrogen) atoms. The van der Waals surface area contributed by atoms with Gasteiger partial charge in [-0.1, -0.05) is 13.2 Å². The molecule has 4 amide bonds. The lowest BCUT2D eigenvalue weighted by Crippen LogP contribution is -2.40. The van der Waals surface area contributed by atoms with Gasteiger partial charge in [0.15, 0.2) is 0 Å². The third-order valence-electron chi connectivity index (χ3n) is 3.84. The molecule has 0 aliphatic heterocycles. The van der Waals surface area contributed by atoms with Crippen LogP contribution in [0.15, 0.2) is 25.3 Å². The summed E-state index contributed by atoms with van der Waals surface area (Å²) in [5.74, 6) is -1.06. The highest BCUT2D eigenvalue weighted by atomic mass is 16.5. The fraction of sp³-hybridized carbons (Fsp3) is 0.600. The van der Waals surface area contributed by atoms with E-state index in [0.29, 0.717) is 39.1 Å². The Kier molecular flexibility index (Phi) is 16.0. The molecule has 0 aliphatic carbocycles. The average molecular weight is 443 g/mol. The van der Waals surface area contributed by atoms with Gasteiger partial charge in [0.1, 0.15) is 13.2 Å². The van der Waals surface area contributed by atoms with Crippen molar-refractivity contribution in [2.75, 3.05) is 66.7 Å². The lowest BCUT2D eigenvalue weighted by atomic mass is 10.4. The monoisotopic (exact) mass is 442 g/mol. The number of nitrogens with one attached hydrogen (secondary N) is 2. The molecule has 0 rings (SSSR count). The summed E-state index contributed by atoms with van der Waals surface area (Å²) in [4.78, 5) is 48.5. The van der Waals surface area contributed by atoms with Gasteiger partial charge < -0.3 is 34.6 Å². The maximum absolute atomic E-state index is 11.8. The summed E-state index contributed by atoms with van der Waals surface area (Å²) in [6.45, 7) is 9.17. The number of hydrogen-bond donors (Lipinski definition) is 2. The van der Waals surface area contributed by atoms with Crippen LogP contribution in [-0.4, -0.2) is 101 Å². The molecule has 0 saturated heterocycles. The van der Waals surface area contributed by atoms with E-state index in [1.165, 1.54) is 9.80 Å². The van der Waals surface area contributed by atoms with Gasteiger partial charge in [0, 0.05) is 52.6 Å². The van der Waals surface area contributed by atoms with Gasteiger partial charge in [0.2, 0.25) is 0 Å². The van der Waals surface area contributed by atoms with E-state index in [2.05, 4.69) is 23.8 Å². The Hall–Kier alpha value is -3.08. The van der Waals surface area contributed by atoms with Crippen LogP contribution in [0.4, 0.5) is 9.59 Å². The Morgan fingerprint density at radius 3 is 1.48 bits per heavy atom. The van der Waals surface area contributed by atoms with Crippen LogP contribution in [0.1, 0.15) is 12.8 Å².